The number of hydrogen-bond donors (Lipinski definition) is 2. The Morgan fingerprint density at radius 1 is 1.19 bits per heavy atom. The molecular formula is C7H21N3O5Si. The number of nitrogens with two attached hydrogens (primary N) is 1. The van der Waals surface area contributed by atoms with E-state index in [4.69, 9.17) is 29.2 Å². The number of nitrogens with one attached hydrogen (secondary N) is 1. The predicted molar refractivity (Wildman–Crippen MR) is 58.6 cm³/mol. The second-order valence-electron chi connectivity index (χ2n) is 2.85. The summed E-state index contributed by atoms with van der Waals surface area (Å²) in [4.78, 5) is 0. The molecule has 0 aliphatic rings. The van der Waals surface area contributed by atoms with Crippen molar-refractivity contribution in [2.24, 2.45) is 0 Å². The van der Waals surface area contributed by atoms with Gasteiger partial charge in [0.25, 0.3) is 0 Å². The van der Waals surface area contributed by atoms with Gasteiger partial charge in [-0.15, -0.1) is 0 Å². The van der Waals surface area contributed by atoms with Crippen LogP contribution in [0.3, 0.4) is 0 Å². The van der Waals surface area contributed by atoms with E-state index in [0.717, 1.165) is 19.0 Å². The largest absolute Gasteiger partial charge is 0.588 e. The molecule has 0 bridgehead atoms. The first-order valence-corrected chi connectivity index (χ1v) is 6.70. The fourth-order valence-corrected chi connectivity index (χ4v) is 2.83. The maximum atomic E-state index is 8.47. The van der Waals surface area contributed by atoms with Gasteiger partial charge in [0.05, 0.1) is 13.6 Å². The molecule has 0 amide bonds. The lowest BCUT2D eigenvalue weighted by Gasteiger charge is -2.23. The Kier molecular flexibility index (Phi) is 11.9. The highest BCUT2D eigenvalue weighted by atomic mass is 28.4. The van der Waals surface area contributed by atoms with Crippen molar-refractivity contribution in [2.75, 3.05) is 34.9 Å². The van der Waals surface area contributed by atoms with Crippen molar-refractivity contribution in [3.63, 3.8) is 0 Å². The average Bonchev–Trinajstić information content (AvgIpc) is 2.25. The van der Waals surface area contributed by atoms with Gasteiger partial charge in [-0.05, 0) is 5.53 Å². The number of quaternary nitrogens is 1. The molecule has 0 spiro atoms. The van der Waals surface area contributed by atoms with E-state index < -0.39 is 13.8 Å². The topological polar surface area (TPSA) is 117 Å². The maximum absolute atomic E-state index is 8.47. The van der Waals surface area contributed by atoms with Gasteiger partial charge < -0.3 is 29.0 Å². The van der Waals surface area contributed by atoms with Gasteiger partial charge >= 0.3 is 8.80 Å². The molecule has 0 fully saturated rings. The number of hydrogen-bond acceptors (Lipinski definition) is 6. The van der Waals surface area contributed by atoms with Gasteiger partial charge in [-0.25, -0.2) is 0 Å². The Labute approximate surface area is 96.5 Å². The van der Waals surface area contributed by atoms with Crippen molar-refractivity contribution in [1.29, 1.82) is 5.53 Å². The molecule has 0 aliphatic heterocycles. The molecule has 98 valence electrons. The Morgan fingerprint density at radius 2 is 1.56 bits per heavy atom. The van der Waals surface area contributed by atoms with Crippen LogP contribution in [0.2, 0.25) is 6.04 Å². The summed E-state index contributed by atoms with van der Waals surface area (Å²) in [7, 11) is 4.72. The molecular weight excluding hydrogens is 234 g/mol. The third-order valence-electron chi connectivity index (χ3n) is 1.91. The molecule has 0 unspecified atom stereocenters. The third-order valence-corrected chi connectivity index (χ3v) is 4.74. The van der Waals surface area contributed by atoms with Crippen molar-refractivity contribution in [3.8, 4) is 0 Å². The molecule has 0 aromatic heterocycles. The first-order valence-electron chi connectivity index (χ1n) is 4.77. The lowest BCUT2D eigenvalue weighted by Crippen LogP contribution is -2.79. The van der Waals surface area contributed by atoms with Gasteiger partial charge in [-0.2, -0.15) is 0 Å². The molecule has 0 rings (SSSR count). The minimum Gasteiger partial charge on any atom is -0.588 e. The van der Waals surface area contributed by atoms with Gasteiger partial charge in [0.2, 0.25) is 0 Å². The lowest BCUT2D eigenvalue weighted by molar-refractivity contribution is -0.626. The van der Waals surface area contributed by atoms with Crippen LogP contribution in [0.5, 0.6) is 0 Å². The molecule has 0 aromatic rings. The molecule has 0 aromatic carbocycles. The second kappa shape index (κ2) is 10.8. The summed E-state index contributed by atoms with van der Waals surface area (Å²) in [5.41, 5.74) is 5.31. The van der Waals surface area contributed by atoms with E-state index in [1.54, 1.807) is 21.3 Å². The fraction of sp³-hybridized carbons (Fsp3) is 1.00. The Balaban J connectivity index is 0. The molecule has 0 saturated heterocycles. The van der Waals surface area contributed by atoms with Crippen molar-refractivity contribution >= 4 is 8.80 Å². The van der Waals surface area contributed by atoms with Crippen molar-refractivity contribution in [1.82, 2.24) is 0 Å². The van der Waals surface area contributed by atoms with Crippen molar-refractivity contribution in [2.45, 2.75) is 12.5 Å². The van der Waals surface area contributed by atoms with Gasteiger partial charge in [0.15, 0.2) is 0 Å². The zero-order valence-electron chi connectivity index (χ0n) is 10.2. The lowest BCUT2D eigenvalue weighted by atomic mass is 10.5. The Hall–Kier alpha value is -0.743. The summed E-state index contributed by atoms with van der Waals surface area (Å²) in [6.07, 6.45) is 1.07. The van der Waals surface area contributed by atoms with Crippen molar-refractivity contribution in [3.05, 3.63) is 10.4 Å². The molecule has 0 heterocycles. The van der Waals surface area contributed by atoms with E-state index >= 15 is 0 Å². The highest BCUT2D eigenvalue weighted by molar-refractivity contribution is 6.60. The molecule has 9 heteroatoms. The van der Waals surface area contributed by atoms with Crippen LogP contribution in [-0.2, 0) is 13.3 Å². The van der Waals surface area contributed by atoms with Crippen LogP contribution >= 0.6 is 0 Å². The Bertz CT molecular complexity index is 167. The molecule has 8 nitrogen and oxygen atoms in total. The standard InChI is InChI=1S/C7H19NO3Si.HN2O2/c1-8-6-5-7-12(9-2,10-3)11-4;1-2(3)4/h8H,5-7H2,1-4H3;(H-,1,3,4)/q;-1/p+1. The van der Waals surface area contributed by atoms with E-state index in [2.05, 4.69) is 12.4 Å². The normalized spacial score (nSPS) is 10.5. The summed E-state index contributed by atoms with van der Waals surface area (Å²) >= 11 is 0. The monoisotopic (exact) mass is 255 g/mol. The minimum absolute atomic E-state index is 0.890. The van der Waals surface area contributed by atoms with Crippen LogP contribution in [0.4, 0.5) is 0 Å². The van der Waals surface area contributed by atoms with Crippen LogP contribution in [0.25, 0.3) is 0 Å². The summed E-state index contributed by atoms with van der Waals surface area (Å²) in [6, 6.07) is 0.890. The Morgan fingerprint density at radius 3 is 1.81 bits per heavy atom. The number of nitrogens with zero attached hydrogens (tertiary/aromatic N) is 1. The van der Waals surface area contributed by atoms with Gasteiger partial charge in [0, 0.05) is 33.8 Å². The second-order valence-corrected chi connectivity index (χ2v) is 5.94. The highest BCUT2D eigenvalue weighted by Crippen LogP contribution is 2.13. The number of rotatable bonds is 7. The minimum atomic E-state index is -2.27. The molecule has 0 radical (unpaired) electrons. The summed E-state index contributed by atoms with van der Waals surface area (Å²) in [5.74, 6) is 0. The molecule has 0 atom stereocenters. The highest BCUT2D eigenvalue weighted by Gasteiger charge is 2.36. The first kappa shape index (κ1) is 17.6. The van der Waals surface area contributed by atoms with E-state index in [0.29, 0.717) is 0 Å². The maximum Gasteiger partial charge on any atom is 0.500 e. The van der Waals surface area contributed by atoms with Gasteiger partial charge in [-0.3, -0.25) is 0 Å². The summed E-state index contributed by atoms with van der Waals surface area (Å²) < 4.78 is 15.8. The molecule has 0 aliphatic carbocycles. The molecule has 16 heavy (non-hydrogen) atoms. The quantitative estimate of drug-likeness (QED) is 0.274. The van der Waals surface area contributed by atoms with E-state index in [1.165, 1.54) is 0 Å². The van der Waals surface area contributed by atoms with E-state index in [9.17, 15) is 0 Å². The SMILES string of the molecule is C[NH2+]CCC[Si](OC)(OC)OC.N=[N+]([O-])[O-]. The zero-order chi connectivity index (χ0) is 13.0. The van der Waals surface area contributed by atoms with Crippen LogP contribution in [0.1, 0.15) is 6.42 Å². The summed E-state index contributed by atoms with van der Waals surface area (Å²) in [5, 5.41) is 17.8. The van der Waals surface area contributed by atoms with Crippen LogP contribution in [-0.4, -0.2) is 48.8 Å². The van der Waals surface area contributed by atoms with E-state index in [1.807, 2.05) is 0 Å². The molecule has 0 saturated carbocycles. The van der Waals surface area contributed by atoms with Crippen LogP contribution in [0.15, 0.2) is 0 Å². The van der Waals surface area contributed by atoms with Crippen LogP contribution in [0, 0.1) is 15.9 Å². The first-order chi connectivity index (χ1) is 7.47. The predicted octanol–water partition coefficient (Wildman–Crippen LogP) is -0.527. The fourth-order valence-electron chi connectivity index (χ4n) is 1.08. The third kappa shape index (κ3) is 9.80. The summed E-state index contributed by atoms with van der Waals surface area (Å²) in [6.45, 7) is 1.09. The van der Waals surface area contributed by atoms with Gasteiger partial charge in [-0.1, -0.05) is 5.02 Å². The average molecular weight is 255 g/mol. The zero-order valence-corrected chi connectivity index (χ0v) is 11.2. The van der Waals surface area contributed by atoms with Gasteiger partial charge in [0.1, 0.15) is 0 Å². The van der Waals surface area contributed by atoms with E-state index in [-0.39, 0.29) is 0 Å². The smallest absolute Gasteiger partial charge is 0.500 e. The van der Waals surface area contributed by atoms with Crippen molar-refractivity contribution < 1.29 is 23.6 Å². The van der Waals surface area contributed by atoms with Crippen LogP contribution < -0.4 is 5.32 Å². The molecule has 3 N–H and O–H groups in total.